The van der Waals surface area contributed by atoms with Crippen LogP contribution >= 0.6 is 11.3 Å². The molecule has 0 radical (unpaired) electrons. The maximum Gasteiger partial charge on any atom is 0.192 e. The molecule has 0 aliphatic carbocycles. The molecule has 0 saturated carbocycles. The minimum absolute atomic E-state index is 0.517. The van der Waals surface area contributed by atoms with Gasteiger partial charge in [-0.05, 0) is 30.7 Å². The normalized spacial score (nSPS) is 11.2. The fraction of sp³-hybridized carbons (Fsp3) is 0.167. The third-order valence-electron chi connectivity index (χ3n) is 2.59. The molecule has 2 N–H and O–H groups in total. The Morgan fingerprint density at radius 3 is 2.88 bits per heavy atom. The highest BCUT2D eigenvalue weighted by atomic mass is 32.1. The van der Waals surface area contributed by atoms with Crippen LogP contribution in [0.3, 0.4) is 0 Å². The third kappa shape index (κ3) is 1.83. The van der Waals surface area contributed by atoms with Gasteiger partial charge in [-0.15, -0.1) is 16.4 Å². The standard InChI is InChI=1S/C12H12N4S/c1-8-2-4-10(17-8)12-14-11-5-3-9(6-13)7-16(11)15-12/h2-5,7H,6,13H2,1H3. The van der Waals surface area contributed by atoms with E-state index in [2.05, 4.69) is 29.1 Å². The van der Waals surface area contributed by atoms with Crippen molar-refractivity contribution in [2.45, 2.75) is 13.5 Å². The van der Waals surface area contributed by atoms with Crippen LogP contribution in [0.15, 0.2) is 30.5 Å². The number of nitrogens with zero attached hydrogens (tertiary/aromatic N) is 3. The fourth-order valence-corrected chi connectivity index (χ4v) is 2.50. The second-order valence-corrected chi connectivity index (χ2v) is 5.18. The summed E-state index contributed by atoms with van der Waals surface area (Å²) in [5.74, 6) is 0.775. The van der Waals surface area contributed by atoms with Gasteiger partial charge in [-0.1, -0.05) is 6.07 Å². The van der Waals surface area contributed by atoms with E-state index in [4.69, 9.17) is 5.73 Å². The van der Waals surface area contributed by atoms with Crippen molar-refractivity contribution in [3.63, 3.8) is 0 Å². The minimum Gasteiger partial charge on any atom is -0.326 e. The molecule has 0 aliphatic rings. The van der Waals surface area contributed by atoms with Gasteiger partial charge in [-0.25, -0.2) is 9.50 Å². The van der Waals surface area contributed by atoms with Crippen LogP contribution in [0, 0.1) is 6.92 Å². The van der Waals surface area contributed by atoms with Gasteiger partial charge in [0.2, 0.25) is 0 Å². The predicted octanol–water partition coefficient (Wildman–Crippen LogP) is 2.22. The van der Waals surface area contributed by atoms with Crippen LogP contribution in [0.2, 0.25) is 0 Å². The van der Waals surface area contributed by atoms with Crippen LogP contribution in [0.5, 0.6) is 0 Å². The van der Waals surface area contributed by atoms with E-state index in [1.165, 1.54) is 4.88 Å². The van der Waals surface area contributed by atoms with E-state index in [1.54, 1.807) is 15.9 Å². The van der Waals surface area contributed by atoms with E-state index in [9.17, 15) is 0 Å². The molecule has 0 amide bonds. The molecule has 0 spiro atoms. The van der Waals surface area contributed by atoms with Crippen molar-refractivity contribution in [1.29, 1.82) is 0 Å². The first-order chi connectivity index (χ1) is 8.26. The van der Waals surface area contributed by atoms with Gasteiger partial charge in [0.25, 0.3) is 0 Å². The van der Waals surface area contributed by atoms with E-state index in [0.717, 1.165) is 21.9 Å². The minimum atomic E-state index is 0.517. The Bertz CT molecular complexity index is 668. The van der Waals surface area contributed by atoms with Crippen molar-refractivity contribution in [3.05, 3.63) is 40.9 Å². The highest BCUT2D eigenvalue weighted by molar-refractivity contribution is 7.15. The zero-order valence-corrected chi connectivity index (χ0v) is 10.2. The Morgan fingerprint density at radius 1 is 1.29 bits per heavy atom. The molecule has 0 saturated heterocycles. The number of pyridine rings is 1. The Morgan fingerprint density at radius 2 is 2.18 bits per heavy atom. The monoisotopic (exact) mass is 244 g/mol. The van der Waals surface area contributed by atoms with E-state index < -0.39 is 0 Å². The van der Waals surface area contributed by atoms with Crippen molar-refractivity contribution >= 4 is 17.0 Å². The molecule has 0 bridgehead atoms. The lowest BCUT2D eigenvalue weighted by molar-refractivity contribution is 0.931. The van der Waals surface area contributed by atoms with Gasteiger partial charge >= 0.3 is 0 Å². The van der Waals surface area contributed by atoms with E-state index in [0.29, 0.717) is 6.54 Å². The molecule has 0 aromatic carbocycles. The molecule has 0 aliphatic heterocycles. The molecule has 3 rings (SSSR count). The number of aromatic nitrogens is 3. The molecule has 0 fully saturated rings. The first-order valence-electron chi connectivity index (χ1n) is 5.38. The number of hydrogen-bond donors (Lipinski definition) is 1. The van der Waals surface area contributed by atoms with Gasteiger partial charge in [-0.3, -0.25) is 0 Å². The number of hydrogen-bond acceptors (Lipinski definition) is 4. The summed E-state index contributed by atoms with van der Waals surface area (Å²) in [6.07, 6.45) is 1.92. The summed E-state index contributed by atoms with van der Waals surface area (Å²) in [4.78, 5) is 6.86. The second-order valence-electron chi connectivity index (χ2n) is 3.89. The van der Waals surface area contributed by atoms with Gasteiger partial charge in [0.1, 0.15) is 0 Å². The maximum atomic E-state index is 5.60. The average Bonchev–Trinajstić information content (AvgIpc) is 2.93. The van der Waals surface area contributed by atoms with Crippen LogP contribution in [0.1, 0.15) is 10.4 Å². The van der Waals surface area contributed by atoms with Crippen molar-refractivity contribution < 1.29 is 0 Å². The summed E-state index contributed by atoms with van der Waals surface area (Å²) >= 11 is 1.70. The van der Waals surface area contributed by atoms with Gasteiger partial charge < -0.3 is 5.73 Å². The van der Waals surface area contributed by atoms with E-state index in [-0.39, 0.29) is 0 Å². The summed E-state index contributed by atoms with van der Waals surface area (Å²) in [5.41, 5.74) is 7.51. The first-order valence-corrected chi connectivity index (χ1v) is 6.20. The molecular weight excluding hydrogens is 232 g/mol. The molecule has 3 heterocycles. The Hall–Kier alpha value is -1.72. The number of rotatable bonds is 2. The van der Waals surface area contributed by atoms with Gasteiger partial charge in [0.05, 0.1) is 4.88 Å². The summed E-state index contributed by atoms with van der Waals surface area (Å²) in [6, 6.07) is 8.06. The van der Waals surface area contributed by atoms with Crippen molar-refractivity contribution in [3.8, 4) is 10.7 Å². The summed E-state index contributed by atoms with van der Waals surface area (Å²) in [5, 5.41) is 4.47. The molecule has 0 unspecified atom stereocenters. The van der Waals surface area contributed by atoms with Gasteiger partial charge in [-0.2, -0.15) is 0 Å². The molecule has 3 aromatic heterocycles. The Balaban J connectivity index is 2.13. The lowest BCUT2D eigenvalue weighted by Gasteiger charge is -1.95. The van der Waals surface area contributed by atoms with Crippen molar-refractivity contribution in [2.24, 2.45) is 5.73 Å². The Labute approximate surface area is 103 Å². The predicted molar refractivity (Wildman–Crippen MR) is 68.9 cm³/mol. The fourth-order valence-electron chi connectivity index (χ4n) is 1.71. The van der Waals surface area contributed by atoms with Crippen LogP contribution in [-0.4, -0.2) is 14.6 Å². The van der Waals surface area contributed by atoms with E-state index >= 15 is 0 Å². The zero-order chi connectivity index (χ0) is 11.8. The first kappa shape index (κ1) is 10.4. The highest BCUT2D eigenvalue weighted by Crippen LogP contribution is 2.25. The number of fused-ring (bicyclic) bond motifs is 1. The van der Waals surface area contributed by atoms with Crippen molar-refractivity contribution in [2.75, 3.05) is 0 Å². The number of aryl methyl sites for hydroxylation is 1. The van der Waals surface area contributed by atoms with Gasteiger partial charge in [0, 0.05) is 17.6 Å². The number of nitrogens with two attached hydrogens (primary N) is 1. The molecule has 3 aromatic rings. The molecule has 0 atom stereocenters. The molecule has 4 nitrogen and oxygen atoms in total. The summed E-state index contributed by atoms with van der Waals surface area (Å²) in [7, 11) is 0. The SMILES string of the molecule is Cc1ccc(-c2nc3ccc(CN)cn3n2)s1. The zero-order valence-electron chi connectivity index (χ0n) is 9.42. The lowest BCUT2D eigenvalue weighted by atomic mass is 10.3. The molecule has 17 heavy (non-hydrogen) atoms. The van der Waals surface area contributed by atoms with Crippen molar-refractivity contribution in [1.82, 2.24) is 14.6 Å². The number of thiophene rings is 1. The molecule has 86 valence electrons. The summed E-state index contributed by atoms with van der Waals surface area (Å²) in [6.45, 7) is 2.60. The topological polar surface area (TPSA) is 56.2 Å². The van der Waals surface area contributed by atoms with E-state index in [1.807, 2.05) is 18.3 Å². The quantitative estimate of drug-likeness (QED) is 0.752. The van der Waals surface area contributed by atoms with Crippen LogP contribution < -0.4 is 5.73 Å². The molecule has 5 heteroatoms. The Kier molecular flexibility index (Phi) is 2.42. The second kappa shape index (κ2) is 3.94. The van der Waals surface area contributed by atoms with Crippen LogP contribution in [-0.2, 0) is 6.54 Å². The van der Waals surface area contributed by atoms with Gasteiger partial charge in [0.15, 0.2) is 11.5 Å². The summed E-state index contributed by atoms with van der Waals surface area (Å²) < 4.78 is 1.78. The van der Waals surface area contributed by atoms with Crippen LogP contribution in [0.4, 0.5) is 0 Å². The largest absolute Gasteiger partial charge is 0.326 e. The maximum absolute atomic E-state index is 5.60. The van der Waals surface area contributed by atoms with Crippen LogP contribution in [0.25, 0.3) is 16.3 Å². The highest BCUT2D eigenvalue weighted by Gasteiger charge is 2.08. The molecular formula is C12H12N4S. The third-order valence-corrected chi connectivity index (χ3v) is 3.59. The average molecular weight is 244 g/mol. The lowest BCUT2D eigenvalue weighted by Crippen LogP contribution is -1.98. The smallest absolute Gasteiger partial charge is 0.192 e.